The highest BCUT2D eigenvalue weighted by Crippen LogP contribution is 2.19. The number of carbonyl (C=O) groups is 1. The zero-order valence-electron chi connectivity index (χ0n) is 14.1. The van der Waals surface area contributed by atoms with Crippen LogP contribution in [0.15, 0.2) is 18.3 Å². The van der Waals surface area contributed by atoms with Crippen LogP contribution in [0.3, 0.4) is 0 Å². The summed E-state index contributed by atoms with van der Waals surface area (Å²) in [5.41, 5.74) is -0.139. The van der Waals surface area contributed by atoms with Crippen LogP contribution in [0.25, 0.3) is 5.65 Å². The number of aromatic nitrogens is 2. The number of fused-ring (bicyclic) bond motifs is 1. The number of nitrogens with zero attached hydrogens (tertiary/aromatic N) is 3. The van der Waals surface area contributed by atoms with E-state index in [-0.39, 0.29) is 30.3 Å². The predicted octanol–water partition coefficient (Wildman–Crippen LogP) is 0.763. The Morgan fingerprint density at radius 2 is 2.19 bits per heavy atom. The van der Waals surface area contributed by atoms with Gasteiger partial charge in [0.2, 0.25) is 16.0 Å². The molecule has 2 aromatic heterocycles. The van der Waals surface area contributed by atoms with Crippen molar-refractivity contribution < 1.29 is 22.3 Å². The van der Waals surface area contributed by atoms with E-state index in [1.165, 1.54) is 32.4 Å². The Kier molecular flexibility index (Phi) is 5.20. The van der Waals surface area contributed by atoms with Gasteiger partial charge in [0, 0.05) is 26.2 Å². The highest BCUT2D eigenvalue weighted by atomic mass is 35.5. The molecule has 2 atom stereocenters. The fourth-order valence-electron chi connectivity index (χ4n) is 2.71. The lowest BCUT2D eigenvalue weighted by atomic mass is 10.1. The van der Waals surface area contributed by atoms with Gasteiger partial charge in [0.1, 0.15) is 5.65 Å². The van der Waals surface area contributed by atoms with Gasteiger partial charge in [0.05, 0.1) is 30.0 Å². The fourth-order valence-corrected chi connectivity index (χ4v) is 4.04. The maximum absolute atomic E-state index is 14.5. The molecular formula is C15H18ClFN4O4S. The normalized spacial score (nSPS) is 20.8. The predicted molar refractivity (Wildman–Crippen MR) is 93.2 cm³/mol. The van der Waals surface area contributed by atoms with Crippen molar-refractivity contribution in [2.24, 2.45) is 5.92 Å². The van der Waals surface area contributed by atoms with Gasteiger partial charge in [-0.25, -0.2) is 17.7 Å². The molecule has 1 N–H and O–H groups in total. The lowest BCUT2D eigenvalue weighted by Gasteiger charge is -2.20. The van der Waals surface area contributed by atoms with Crippen molar-refractivity contribution in [1.29, 1.82) is 0 Å². The molecular weight excluding hydrogens is 387 g/mol. The number of rotatable bonds is 5. The summed E-state index contributed by atoms with van der Waals surface area (Å²) in [6.07, 6.45) is 1.32. The standard InChI is InChI=1S/C15H18ClFN4O4S/c1-20(2)26(23,24)8-9-6-25-7-11(9)18-15(22)13-14(17)21-5-10(16)3-4-12(21)19-13/h3-5,9,11H,6-8H2,1-2H3,(H,18,22)/t9-,11+/m0/s1. The highest BCUT2D eigenvalue weighted by Gasteiger charge is 2.35. The first kappa shape index (κ1) is 19.0. The third kappa shape index (κ3) is 3.68. The van der Waals surface area contributed by atoms with Crippen molar-refractivity contribution in [3.05, 3.63) is 35.0 Å². The van der Waals surface area contributed by atoms with Gasteiger partial charge in [0.15, 0.2) is 5.69 Å². The molecule has 2 aromatic rings. The van der Waals surface area contributed by atoms with Crippen LogP contribution < -0.4 is 5.32 Å². The summed E-state index contributed by atoms with van der Waals surface area (Å²) in [5, 5.41) is 2.93. The number of hydrogen-bond donors (Lipinski definition) is 1. The quantitative estimate of drug-likeness (QED) is 0.794. The molecule has 3 heterocycles. The van der Waals surface area contributed by atoms with Crippen LogP contribution in [0.2, 0.25) is 5.02 Å². The molecule has 1 fully saturated rings. The summed E-state index contributed by atoms with van der Waals surface area (Å²) in [5.74, 6) is -2.17. The zero-order chi connectivity index (χ0) is 19.1. The van der Waals surface area contributed by atoms with E-state index >= 15 is 0 Å². The van der Waals surface area contributed by atoms with Gasteiger partial charge >= 0.3 is 0 Å². The number of hydrogen-bond acceptors (Lipinski definition) is 5. The number of sulfonamides is 1. The molecule has 1 saturated heterocycles. The Balaban J connectivity index is 1.78. The number of carbonyl (C=O) groups excluding carboxylic acids is 1. The van der Waals surface area contributed by atoms with Gasteiger partial charge in [-0.3, -0.25) is 9.20 Å². The van der Waals surface area contributed by atoms with Crippen LogP contribution in [0.5, 0.6) is 0 Å². The van der Waals surface area contributed by atoms with Gasteiger partial charge in [0.25, 0.3) is 5.91 Å². The number of nitrogens with one attached hydrogen (secondary N) is 1. The third-order valence-corrected chi connectivity index (χ3v) is 6.42. The summed E-state index contributed by atoms with van der Waals surface area (Å²) in [6, 6.07) is 2.48. The molecule has 26 heavy (non-hydrogen) atoms. The number of imidazole rings is 1. The minimum Gasteiger partial charge on any atom is -0.379 e. The van der Waals surface area contributed by atoms with Gasteiger partial charge in [-0.1, -0.05) is 11.6 Å². The van der Waals surface area contributed by atoms with E-state index < -0.39 is 33.8 Å². The molecule has 142 valence electrons. The maximum Gasteiger partial charge on any atom is 0.274 e. The number of ether oxygens (including phenoxy) is 1. The third-order valence-electron chi connectivity index (χ3n) is 4.24. The molecule has 0 aliphatic carbocycles. The summed E-state index contributed by atoms with van der Waals surface area (Å²) < 4.78 is 46.1. The van der Waals surface area contributed by atoms with Crippen LogP contribution in [-0.2, 0) is 14.8 Å². The second-order valence-electron chi connectivity index (χ2n) is 6.27. The van der Waals surface area contributed by atoms with E-state index in [1.807, 2.05) is 0 Å². The number of halogens is 2. The van der Waals surface area contributed by atoms with Crippen LogP contribution in [0.4, 0.5) is 4.39 Å². The second-order valence-corrected chi connectivity index (χ2v) is 8.93. The molecule has 0 radical (unpaired) electrons. The van der Waals surface area contributed by atoms with E-state index in [9.17, 15) is 17.6 Å². The smallest absolute Gasteiger partial charge is 0.274 e. The summed E-state index contributed by atoms with van der Waals surface area (Å²) in [6.45, 7) is 0.349. The second kappa shape index (κ2) is 7.10. The van der Waals surface area contributed by atoms with Gasteiger partial charge in [-0.2, -0.15) is 4.39 Å². The average Bonchev–Trinajstić information content (AvgIpc) is 3.12. The molecule has 0 spiro atoms. The molecule has 1 aliphatic heterocycles. The van der Waals surface area contributed by atoms with Crippen molar-refractivity contribution in [2.45, 2.75) is 6.04 Å². The van der Waals surface area contributed by atoms with E-state index in [4.69, 9.17) is 16.3 Å². The Hall–Kier alpha value is -1.75. The van der Waals surface area contributed by atoms with Crippen molar-refractivity contribution >= 4 is 33.2 Å². The fraction of sp³-hybridized carbons (Fsp3) is 0.467. The first-order valence-electron chi connectivity index (χ1n) is 7.81. The van der Waals surface area contributed by atoms with Gasteiger partial charge in [-0.05, 0) is 12.1 Å². The van der Waals surface area contributed by atoms with Gasteiger partial charge < -0.3 is 10.1 Å². The van der Waals surface area contributed by atoms with Crippen molar-refractivity contribution in [3.63, 3.8) is 0 Å². The molecule has 1 amide bonds. The first-order chi connectivity index (χ1) is 12.2. The summed E-state index contributed by atoms with van der Waals surface area (Å²) >= 11 is 5.83. The zero-order valence-corrected chi connectivity index (χ0v) is 15.7. The Labute approximate surface area is 154 Å². The number of pyridine rings is 1. The average molecular weight is 405 g/mol. The van der Waals surface area contributed by atoms with Gasteiger partial charge in [-0.15, -0.1) is 0 Å². The Morgan fingerprint density at radius 3 is 2.88 bits per heavy atom. The van der Waals surface area contributed by atoms with Crippen LogP contribution in [-0.4, -0.2) is 67.1 Å². The molecule has 0 bridgehead atoms. The van der Waals surface area contributed by atoms with E-state index in [1.54, 1.807) is 0 Å². The van der Waals surface area contributed by atoms with Crippen LogP contribution >= 0.6 is 11.6 Å². The maximum atomic E-state index is 14.5. The number of amides is 1. The van der Waals surface area contributed by atoms with Crippen LogP contribution in [0.1, 0.15) is 10.5 Å². The molecule has 0 saturated carbocycles. The summed E-state index contributed by atoms with van der Waals surface area (Å²) in [4.78, 5) is 16.4. The largest absolute Gasteiger partial charge is 0.379 e. The Bertz CT molecular complexity index is 947. The SMILES string of the molecule is CN(C)S(=O)(=O)C[C@@H]1COC[C@H]1NC(=O)c1nc2ccc(Cl)cn2c1F. The lowest BCUT2D eigenvalue weighted by Crippen LogP contribution is -2.43. The summed E-state index contributed by atoms with van der Waals surface area (Å²) in [7, 11) is -0.574. The van der Waals surface area contributed by atoms with Crippen molar-refractivity contribution in [1.82, 2.24) is 19.0 Å². The molecule has 0 unspecified atom stereocenters. The topological polar surface area (TPSA) is 93.0 Å². The minimum atomic E-state index is -3.45. The van der Waals surface area contributed by atoms with Crippen LogP contribution in [0, 0.1) is 11.9 Å². The van der Waals surface area contributed by atoms with E-state index in [0.29, 0.717) is 5.02 Å². The molecule has 11 heteroatoms. The molecule has 8 nitrogen and oxygen atoms in total. The molecule has 1 aliphatic rings. The van der Waals surface area contributed by atoms with E-state index in [0.717, 1.165) is 8.71 Å². The molecule has 0 aromatic carbocycles. The highest BCUT2D eigenvalue weighted by molar-refractivity contribution is 7.89. The first-order valence-corrected chi connectivity index (χ1v) is 9.79. The lowest BCUT2D eigenvalue weighted by molar-refractivity contribution is 0.0917. The molecule has 3 rings (SSSR count). The Morgan fingerprint density at radius 1 is 1.46 bits per heavy atom. The van der Waals surface area contributed by atoms with Crippen molar-refractivity contribution in [2.75, 3.05) is 33.1 Å². The van der Waals surface area contributed by atoms with Crippen molar-refractivity contribution in [3.8, 4) is 0 Å². The van der Waals surface area contributed by atoms with E-state index in [2.05, 4.69) is 10.3 Å². The monoisotopic (exact) mass is 404 g/mol. The minimum absolute atomic E-state index is 0.153.